The molecule has 1 N–H and O–H groups in total. The van der Waals surface area contributed by atoms with Crippen LogP contribution in [0.4, 0.5) is 4.39 Å². The first-order valence-corrected chi connectivity index (χ1v) is 8.58. The second kappa shape index (κ2) is 7.39. The van der Waals surface area contributed by atoms with Crippen LogP contribution in [0.15, 0.2) is 24.3 Å². The summed E-state index contributed by atoms with van der Waals surface area (Å²) in [5.74, 6) is -1.25. The zero-order valence-electron chi connectivity index (χ0n) is 13.9. The van der Waals surface area contributed by atoms with Crippen LogP contribution in [0.5, 0.6) is 5.75 Å². The van der Waals surface area contributed by atoms with Gasteiger partial charge in [0, 0.05) is 32.5 Å². The molecule has 0 aliphatic carbocycles. The molecule has 1 unspecified atom stereocenters. The molecule has 2 saturated heterocycles. The Morgan fingerprint density at radius 2 is 1.88 bits per heavy atom. The van der Waals surface area contributed by atoms with Gasteiger partial charge in [0.05, 0.1) is 0 Å². The Balaban J connectivity index is 1.64. The molecule has 2 aliphatic rings. The van der Waals surface area contributed by atoms with E-state index in [4.69, 9.17) is 9.47 Å². The van der Waals surface area contributed by atoms with E-state index in [9.17, 15) is 19.1 Å². The number of amides is 1. The molecule has 1 aromatic rings. The molecule has 1 amide bonds. The minimum Gasteiger partial charge on any atom is -0.478 e. The molecule has 6 nitrogen and oxygen atoms in total. The van der Waals surface area contributed by atoms with Crippen LogP contribution in [0.3, 0.4) is 0 Å². The number of halogens is 1. The average molecular weight is 351 g/mol. The molecule has 0 saturated carbocycles. The van der Waals surface area contributed by atoms with Gasteiger partial charge in [-0.25, -0.2) is 9.18 Å². The van der Waals surface area contributed by atoms with E-state index in [0.29, 0.717) is 31.9 Å². The molecular weight excluding hydrogens is 329 g/mol. The molecule has 7 heteroatoms. The summed E-state index contributed by atoms with van der Waals surface area (Å²) >= 11 is 0. The number of benzene rings is 1. The van der Waals surface area contributed by atoms with E-state index in [-0.39, 0.29) is 18.7 Å². The van der Waals surface area contributed by atoms with Crippen LogP contribution in [-0.2, 0) is 14.3 Å². The van der Waals surface area contributed by atoms with Gasteiger partial charge in [-0.15, -0.1) is 0 Å². The van der Waals surface area contributed by atoms with E-state index in [1.807, 2.05) is 0 Å². The summed E-state index contributed by atoms with van der Waals surface area (Å²) in [6.45, 7) is 1.19. The predicted octanol–water partition coefficient (Wildman–Crippen LogP) is 2.22. The van der Waals surface area contributed by atoms with E-state index in [0.717, 1.165) is 12.8 Å². The number of aliphatic carboxylic acids is 1. The van der Waals surface area contributed by atoms with Crippen LogP contribution < -0.4 is 4.74 Å². The molecule has 0 radical (unpaired) electrons. The van der Waals surface area contributed by atoms with E-state index >= 15 is 0 Å². The highest BCUT2D eigenvalue weighted by atomic mass is 19.1. The summed E-state index contributed by atoms with van der Waals surface area (Å²) in [7, 11) is 0. The molecule has 0 spiro atoms. The third kappa shape index (κ3) is 3.92. The monoisotopic (exact) mass is 351 g/mol. The number of rotatable bonds is 4. The quantitative estimate of drug-likeness (QED) is 0.900. The first-order valence-electron chi connectivity index (χ1n) is 8.58. The van der Waals surface area contributed by atoms with Gasteiger partial charge in [-0.3, -0.25) is 4.79 Å². The minimum atomic E-state index is -1.40. The van der Waals surface area contributed by atoms with Gasteiger partial charge >= 0.3 is 5.97 Å². The smallest absolute Gasteiger partial charge is 0.348 e. The number of ether oxygens (including phenoxy) is 2. The summed E-state index contributed by atoms with van der Waals surface area (Å²) in [4.78, 5) is 26.0. The van der Waals surface area contributed by atoms with E-state index in [1.165, 1.54) is 24.3 Å². The summed E-state index contributed by atoms with van der Waals surface area (Å²) in [6, 6.07) is 5.27. The van der Waals surface area contributed by atoms with Crippen molar-refractivity contribution < 1.29 is 28.6 Å². The lowest BCUT2D eigenvalue weighted by molar-refractivity contribution is -0.164. The van der Waals surface area contributed by atoms with E-state index in [2.05, 4.69) is 0 Å². The fourth-order valence-electron chi connectivity index (χ4n) is 3.32. The number of nitrogens with zero attached hydrogens (tertiary/aromatic N) is 1. The largest absolute Gasteiger partial charge is 0.478 e. The second-order valence-electron chi connectivity index (χ2n) is 6.54. The lowest BCUT2D eigenvalue weighted by Crippen LogP contribution is -2.56. The van der Waals surface area contributed by atoms with Crippen LogP contribution in [0.25, 0.3) is 0 Å². The Kier molecular flexibility index (Phi) is 5.22. The van der Waals surface area contributed by atoms with Gasteiger partial charge < -0.3 is 19.5 Å². The van der Waals surface area contributed by atoms with Crippen molar-refractivity contribution in [2.45, 2.75) is 43.8 Å². The number of carboxylic acids is 1. The van der Waals surface area contributed by atoms with Crippen molar-refractivity contribution in [1.82, 2.24) is 4.90 Å². The van der Waals surface area contributed by atoms with Gasteiger partial charge in [-0.1, -0.05) is 0 Å². The molecule has 3 rings (SSSR count). The standard InChI is InChI=1S/C18H22FNO5/c19-13-4-6-14(7-5-13)25-18(17(22)23)8-10-20(11-9-18)16(21)15-3-1-2-12-24-15/h4-7,15H,1-3,8-12H2,(H,22,23). The van der Waals surface area contributed by atoms with Crippen LogP contribution in [0.2, 0.25) is 0 Å². The third-order valence-electron chi connectivity index (χ3n) is 4.85. The first-order chi connectivity index (χ1) is 12.0. The first kappa shape index (κ1) is 17.7. The number of piperidine rings is 1. The van der Waals surface area contributed by atoms with Crippen molar-refractivity contribution >= 4 is 11.9 Å². The maximum Gasteiger partial charge on any atom is 0.348 e. The van der Waals surface area contributed by atoms with Crippen molar-refractivity contribution in [3.05, 3.63) is 30.1 Å². The summed E-state index contributed by atoms with van der Waals surface area (Å²) in [5, 5.41) is 9.65. The molecule has 2 fully saturated rings. The van der Waals surface area contributed by atoms with Gasteiger partial charge in [0.15, 0.2) is 0 Å². The predicted molar refractivity (Wildman–Crippen MR) is 86.8 cm³/mol. The van der Waals surface area contributed by atoms with Crippen LogP contribution in [-0.4, -0.2) is 53.3 Å². The number of likely N-dealkylation sites (tertiary alicyclic amines) is 1. The van der Waals surface area contributed by atoms with E-state index in [1.54, 1.807) is 4.90 Å². The van der Waals surface area contributed by atoms with Crippen LogP contribution in [0, 0.1) is 5.82 Å². The van der Waals surface area contributed by atoms with E-state index < -0.39 is 23.5 Å². The van der Waals surface area contributed by atoms with Crippen molar-refractivity contribution in [1.29, 1.82) is 0 Å². The van der Waals surface area contributed by atoms with Crippen LogP contribution >= 0.6 is 0 Å². The fraction of sp³-hybridized carbons (Fsp3) is 0.556. The van der Waals surface area contributed by atoms with Crippen molar-refractivity contribution in [2.75, 3.05) is 19.7 Å². The summed E-state index contributed by atoms with van der Waals surface area (Å²) in [6.07, 6.45) is 2.60. The Bertz CT molecular complexity index is 619. The SMILES string of the molecule is O=C(C1CCCCO1)N1CCC(Oc2ccc(F)cc2)(C(=O)O)CC1. The molecule has 136 valence electrons. The summed E-state index contributed by atoms with van der Waals surface area (Å²) in [5.41, 5.74) is -1.40. The van der Waals surface area contributed by atoms with Crippen molar-refractivity contribution in [3.8, 4) is 5.75 Å². The maximum atomic E-state index is 13.0. The number of hydrogen-bond acceptors (Lipinski definition) is 4. The molecule has 25 heavy (non-hydrogen) atoms. The number of carbonyl (C=O) groups is 2. The Morgan fingerprint density at radius 3 is 2.44 bits per heavy atom. The van der Waals surface area contributed by atoms with Gasteiger partial charge in [0.25, 0.3) is 5.91 Å². The lowest BCUT2D eigenvalue weighted by Gasteiger charge is -2.40. The average Bonchev–Trinajstić information content (AvgIpc) is 2.64. The Hall–Kier alpha value is -2.15. The van der Waals surface area contributed by atoms with Gasteiger partial charge in [0.1, 0.15) is 17.7 Å². The van der Waals surface area contributed by atoms with Crippen molar-refractivity contribution in [2.24, 2.45) is 0 Å². The molecule has 2 aliphatic heterocycles. The number of hydrogen-bond donors (Lipinski definition) is 1. The second-order valence-corrected chi connectivity index (χ2v) is 6.54. The molecule has 0 bridgehead atoms. The normalized spacial score (nSPS) is 23.1. The molecule has 1 atom stereocenters. The Labute approximate surface area is 145 Å². The zero-order chi connectivity index (χ0) is 17.9. The lowest BCUT2D eigenvalue weighted by atomic mass is 9.90. The maximum absolute atomic E-state index is 13.0. The highest BCUT2D eigenvalue weighted by Gasteiger charge is 2.45. The Morgan fingerprint density at radius 1 is 1.20 bits per heavy atom. The molecule has 1 aromatic carbocycles. The fourth-order valence-corrected chi connectivity index (χ4v) is 3.32. The van der Waals surface area contributed by atoms with Crippen LogP contribution in [0.1, 0.15) is 32.1 Å². The highest BCUT2D eigenvalue weighted by Crippen LogP contribution is 2.30. The van der Waals surface area contributed by atoms with Gasteiger partial charge in [-0.05, 0) is 43.5 Å². The van der Waals surface area contributed by atoms with Gasteiger partial charge in [0.2, 0.25) is 5.60 Å². The molecule has 2 heterocycles. The van der Waals surface area contributed by atoms with Gasteiger partial charge in [-0.2, -0.15) is 0 Å². The number of carboxylic acid groups (broad SMARTS) is 1. The minimum absolute atomic E-state index is 0.0690. The third-order valence-corrected chi connectivity index (χ3v) is 4.85. The zero-order valence-corrected chi connectivity index (χ0v) is 13.9. The topological polar surface area (TPSA) is 76.1 Å². The molecule has 0 aromatic heterocycles. The highest BCUT2D eigenvalue weighted by molar-refractivity contribution is 5.82. The van der Waals surface area contributed by atoms with Crippen molar-refractivity contribution in [3.63, 3.8) is 0 Å². The molecular formula is C18H22FNO5. The summed E-state index contributed by atoms with van der Waals surface area (Å²) < 4.78 is 24.2. The number of carbonyl (C=O) groups excluding carboxylic acids is 1.